The highest BCUT2D eigenvalue weighted by Crippen LogP contribution is 2.57. The second-order valence-corrected chi connectivity index (χ2v) is 7.03. The number of hydrogen-bond donors (Lipinski definition) is 1. The molecule has 0 aromatic heterocycles. The smallest absolute Gasteiger partial charge is 0.129 e. The second-order valence-electron chi connectivity index (χ2n) is 7.03. The molecule has 2 saturated carbocycles. The molecule has 0 spiro atoms. The van der Waals surface area contributed by atoms with Gasteiger partial charge < -0.3 is 5.32 Å². The monoisotopic (exact) mass is 293 g/mol. The van der Waals surface area contributed by atoms with Gasteiger partial charge >= 0.3 is 0 Å². The maximum absolute atomic E-state index is 14.0. The maximum atomic E-state index is 14.0. The van der Waals surface area contributed by atoms with Gasteiger partial charge in [-0.05, 0) is 67.5 Å². The topological polar surface area (TPSA) is 12.0 Å². The summed E-state index contributed by atoms with van der Waals surface area (Å²) in [5.74, 6) is 0.660. The molecule has 3 unspecified atom stereocenters. The minimum atomic E-state index is -0.484. The molecular formula is C18H25F2N. The van der Waals surface area contributed by atoms with Crippen molar-refractivity contribution in [1.82, 2.24) is 5.32 Å². The Hall–Kier alpha value is -0.960. The zero-order valence-corrected chi connectivity index (χ0v) is 12.8. The van der Waals surface area contributed by atoms with Gasteiger partial charge in [0.05, 0.1) is 0 Å². The molecule has 2 aliphatic carbocycles. The lowest BCUT2D eigenvalue weighted by Crippen LogP contribution is -2.41. The molecule has 1 nitrogen and oxygen atoms in total. The fraction of sp³-hybridized carbons (Fsp3) is 0.667. The number of fused-ring (bicyclic) bond motifs is 2. The molecule has 1 aromatic carbocycles. The van der Waals surface area contributed by atoms with Gasteiger partial charge in [-0.1, -0.05) is 19.4 Å². The third-order valence-electron chi connectivity index (χ3n) is 5.56. The minimum absolute atomic E-state index is 0.177. The average Bonchev–Trinajstić information content (AvgIpc) is 3.03. The van der Waals surface area contributed by atoms with E-state index in [0.29, 0.717) is 11.5 Å². The van der Waals surface area contributed by atoms with Crippen molar-refractivity contribution in [2.75, 3.05) is 13.1 Å². The van der Waals surface area contributed by atoms with Crippen LogP contribution in [0.1, 0.15) is 44.6 Å². The van der Waals surface area contributed by atoms with Crippen molar-refractivity contribution in [1.29, 1.82) is 0 Å². The summed E-state index contributed by atoms with van der Waals surface area (Å²) < 4.78 is 27.1. The summed E-state index contributed by atoms with van der Waals surface area (Å²) in [6, 6.07) is 4.05. The van der Waals surface area contributed by atoms with E-state index in [4.69, 9.17) is 0 Å². The molecule has 2 aliphatic rings. The molecule has 21 heavy (non-hydrogen) atoms. The molecule has 0 amide bonds. The van der Waals surface area contributed by atoms with E-state index in [0.717, 1.165) is 37.9 Å². The third kappa shape index (κ3) is 2.98. The van der Waals surface area contributed by atoms with Gasteiger partial charge in [0.15, 0.2) is 0 Å². The Morgan fingerprint density at radius 3 is 2.76 bits per heavy atom. The summed E-state index contributed by atoms with van der Waals surface area (Å²) >= 11 is 0. The highest BCUT2D eigenvalue weighted by atomic mass is 19.1. The van der Waals surface area contributed by atoms with E-state index in [9.17, 15) is 8.78 Å². The second kappa shape index (κ2) is 6.04. The summed E-state index contributed by atoms with van der Waals surface area (Å²) in [4.78, 5) is 0. The first-order valence-electron chi connectivity index (χ1n) is 8.27. The molecule has 3 atom stereocenters. The van der Waals surface area contributed by atoms with Crippen molar-refractivity contribution in [3.05, 3.63) is 35.4 Å². The van der Waals surface area contributed by atoms with Crippen LogP contribution < -0.4 is 5.32 Å². The molecule has 3 rings (SSSR count). The van der Waals surface area contributed by atoms with Crippen LogP contribution in [-0.2, 0) is 6.42 Å². The highest BCUT2D eigenvalue weighted by molar-refractivity contribution is 5.22. The fourth-order valence-corrected chi connectivity index (χ4v) is 4.61. The molecule has 0 heterocycles. The van der Waals surface area contributed by atoms with E-state index in [1.54, 1.807) is 6.07 Å². The highest BCUT2D eigenvalue weighted by Gasteiger charge is 2.50. The number of rotatable bonds is 6. The van der Waals surface area contributed by atoms with Crippen molar-refractivity contribution in [3.8, 4) is 0 Å². The van der Waals surface area contributed by atoms with Crippen LogP contribution in [0.3, 0.4) is 0 Å². The fourth-order valence-electron chi connectivity index (χ4n) is 4.61. The molecule has 1 N–H and O–H groups in total. The van der Waals surface area contributed by atoms with Gasteiger partial charge in [0.2, 0.25) is 0 Å². The van der Waals surface area contributed by atoms with Gasteiger partial charge in [0.25, 0.3) is 0 Å². The summed E-state index contributed by atoms with van der Waals surface area (Å²) in [6.45, 7) is 4.16. The number of nitrogens with one attached hydrogen (secondary N) is 1. The van der Waals surface area contributed by atoms with Crippen molar-refractivity contribution >= 4 is 0 Å². The Morgan fingerprint density at radius 1 is 1.29 bits per heavy atom. The number of hydrogen-bond acceptors (Lipinski definition) is 1. The lowest BCUT2D eigenvalue weighted by Gasteiger charge is -2.38. The van der Waals surface area contributed by atoms with Crippen LogP contribution in [0.15, 0.2) is 18.2 Å². The molecule has 0 saturated heterocycles. The first-order chi connectivity index (χ1) is 10.1. The quantitative estimate of drug-likeness (QED) is 0.771. The van der Waals surface area contributed by atoms with Crippen LogP contribution >= 0.6 is 0 Å². The average molecular weight is 293 g/mol. The molecule has 3 heteroatoms. The summed E-state index contributed by atoms with van der Waals surface area (Å²) in [5.41, 5.74) is 0.860. The third-order valence-corrected chi connectivity index (χ3v) is 5.56. The zero-order valence-electron chi connectivity index (χ0n) is 12.8. The Morgan fingerprint density at radius 2 is 2.14 bits per heavy atom. The maximum Gasteiger partial charge on any atom is 0.129 e. The number of halogens is 2. The van der Waals surface area contributed by atoms with E-state index in [-0.39, 0.29) is 11.2 Å². The lowest BCUT2D eigenvalue weighted by molar-refractivity contribution is 0.155. The molecule has 0 aliphatic heterocycles. The van der Waals surface area contributed by atoms with Gasteiger partial charge in [0.1, 0.15) is 11.6 Å². The van der Waals surface area contributed by atoms with Crippen LogP contribution in [0.2, 0.25) is 0 Å². The lowest BCUT2D eigenvalue weighted by atomic mass is 9.69. The van der Waals surface area contributed by atoms with E-state index < -0.39 is 5.82 Å². The summed E-state index contributed by atoms with van der Waals surface area (Å²) in [7, 11) is 0. The van der Waals surface area contributed by atoms with E-state index >= 15 is 0 Å². The van der Waals surface area contributed by atoms with Crippen molar-refractivity contribution in [2.45, 2.75) is 45.4 Å². The largest absolute Gasteiger partial charge is 0.316 e. The summed E-state index contributed by atoms with van der Waals surface area (Å²) in [5, 5.41) is 3.56. The standard InChI is InChI=1S/C18H25F2N/c1-2-7-21-12-18(10-13-3-5-15(18)8-13)11-14-4-6-16(19)9-17(14)20/h4,6,9,13,15,21H,2-3,5,7-8,10-12H2,1H3. The first-order valence-corrected chi connectivity index (χ1v) is 8.27. The Kier molecular flexibility index (Phi) is 4.30. The van der Waals surface area contributed by atoms with E-state index in [1.807, 2.05) is 0 Å². The molecule has 2 fully saturated rings. The summed E-state index contributed by atoms with van der Waals surface area (Å²) in [6.07, 6.45) is 6.99. The first kappa shape index (κ1) is 15.0. The van der Waals surface area contributed by atoms with Crippen LogP contribution in [-0.4, -0.2) is 13.1 Å². The normalized spacial score (nSPS) is 31.0. The number of benzene rings is 1. The Labute approximate surface area is 126 Å². The van der Waals surface area contributed by atoms with Gasteiger partial charge in [-0.3, -0.25) is 0 Å². The van der Waals surface area contributed by atoms with Crippen LogP contribution in [0.5, 0.6) is 0 Å². The molecule has 0 radical (unpaired) electrons. The van der Waals surface area contributed by atoms with Crippen molar-refractivity contribution in [2.24, 2.45) is 17.3 Å². The molecule has 2 bridgehead atoms. The predicted molar refractivity (Wildman–Crippen MR) is 81.1 cm³/mol. The van der Waals surface area contributed by atoms with Crippen LogP contribution in [0, 0.1) is 28.9 Å². The van der Waals surface area contributed by atoms with Gasteiger partial charge in [-0.15, -0.1) is 0 Å². The Bertz CT molecular complexity index is 502. The van der Waals surface area contributed by atoms with Crippen LogP contribution in [0.4, 0.5) is 8.78 Å². The van der Waals surface area contributed by atoms with E-state index in [1.165, 1.54) is 31.7 Å². The molecular weight excluding hydrogens is 268 g/mol. The van der Waals surface area contributed by atoms with Crippen LogP contribution in [0.25, 0.3) is 0 Å². The van der Waals surface area contributed by atoms with Crippen molar-refractivity contribution < 1.29 is 8.78 Å². The minimum Gasteiger partial charge on any atom is -0.316 e. The van der Waals surface area contributed by atoms with Crippen molar-refractivity contribution in [3.63, 3.8) is 0 Å². The van der Waals surface area contributed by atoms with Gasteiger partial charge in [-0.25, -0.2) is 8.78 Å². The predicted octanol–water partition coefficient (Wildman–Crippen LogP) is 4.31. The SMILES string of the molecule is CCCNCC1(Cc2ccc(F)cc2F)CC2CCC1C2. The molecule has 1 aromatic rings. The van der Waals surface area contributed by atoms with Gasteiger partial charge in [0, 0.05) is 12.6 Å². The van der Waals surface area contributed by atoms with Gasteiger partial charge in [-0.2, -0.15) is 0 Å². The van der Waals surface area contributed by atoms with E-state index in [2.05, 4.69) is 12.2 Å². The molecule has 116 valence electrons. The Balaban J connectivity index is 1.79. The zero-order chi connectivity index (χ0) is 14.9.